The Morgan fingerprint density at radius 1 is 1.10 bits per heavy atom. The Morgan fingerprint density at radius 2 is 1.57 bits per heavy atom. The van der Waals surface area contributed by atoms with Crippen LogP contribution in [0, 0.1) is 5.82 Å². The van der Waals surface area contributed by atoms with E-state index in [-0.39, 0.29) is 30.5 Å². The highest BCUT2D eigenvalue weighted by atomic mass is 19.1. The van der Waals surface area contributed by atoms with Gasteiger partial charge >= 0.3 is 11.9 Å². The summed E-state index contributed by atoms with van der Waals surface area (Å²) in [6, 6.07) is 5.86. The van der Waals surface area contributed by atoms with Crippen LogP contribution in [-0.4, -0.2) is 25.2 Å². The molecule has 0 saturated heterocycles. The Hall–Kier alpha value is -2.17. The summed E-state index contributed by atoms with van der Waals surface area (Å²) in [4.78, 5) is 23.7. The van der Waals surface area contributed by atoms with E-state index in [4.69, 9.17) is 9.47 Å². The first-order chi connectivity index (χ1) is 9.99. The van der Waals surface area contributed by atoms with Gasteiger partial charge in [-0.1, -0.05) is 25.1 Å². The highest BCUT2D eigenvalue weighted by molar-refractivity contribution is 6.14. The lowest BCUT2D eigenvalue weighted by Crippen LogP contribution is -2.19. The molecule has 0 aliphatic rings. The Balaban J connectivity index is 3.02. The van der Waals surface area contributed by atoms with Gasteiger partial charge in [0.2, 0.25) is 0 Å². The Bertz CT molecular complexity index is 500. The second-order valence-electron chi connectivity index (χ2n) is 4.36. The maximum Gasteiger partial charge on any atom is 0.345 e. The van der Waals surface area contributed by atoms with E-state index in [1.807, 2.05) is 0 Å². The van der Waals surface area contributed by atoms with Gasteiger partial charge in [-0.2, -0.15) is 0 Å². The molecule has 5 heteroatoms. The zero-order valence-corrected chi connectivity index (χ0v) is 12.4. The molecule has 0 N–H and O–H groups in total. The molecule has 0 aliphatic carbocycles. The molecule has 114 valence electrons. The number of rotatable bonds is 6. The van der Waals surface area contributed by atoms with Crippen molar-refractivity contribution in [1.29, 1.82) is 0 Å². The number of esters is 2. The second-order valence-corrected chi connectivity index (χ2v) is 4.36. The summed E-state index contributed by atoms with van der Waals surface area (Å²) in [5.74, 6) is -2.03. The van der Waals surface area contributed by atoms with Crippen LogP contribution in [0.2, 0.25) is 0 Å². The predicted molar refractivity (Wildman–Crippen MR) is 76.2 cm³/mol. The molecular weight excluding hydrogens is 275 g/mol. The van der Waals surface area contributed by atoms with Crippen LogP contribution in [-0.2, 0) is 19.1 Å². The molecule has 0 bridgehead atoms. The molecule has 4 nitrogen and oxygen atoms in total. The zero-order chi connectivity index (χ0) is 15.8. The molecule has 1 atom stereocenters. The molecule has 1 rings (SSSR count). The van der Waals surface area contributed by atoms with Crippen LogP contribution in [0.3, 0.4) is 0 Å². The van der Waals surface area contributed by atoms with Crippen LogP contribution < -0.4 is 0 Å². The minimum Gasteiger partial charge on any atom is -0.462 e. The first-order valence-electron chi connectivity index (χ1n) is 6.81. The molecular formula is C16H19FO4. The third-order valence-electron chi connectivity index (χ3n) is 2.80. The number of ether oxygens (including phenoxy) is 2. The quantitative estimate of drug-likeness (QED) is 0.350. The van der Waals surface area contributed by atoms with E-state index in [1.165, 1.54) is 18.2 Å². The van der Waals surface area contributed by atoms with E-state index < -0.39 is 11.9 Å². The minimum atomic E-state index is -0.718. The maximum absolute atomic E-state index is 12.9. The van der Waals surface area contributed by atoms with Crippen molar-refractivity contribution in [3.05, 3.63) is 47.3 Å². The minimum absolute atomic E-state index is 0.143. The van der Waals surface area contributed by atoms with Gasteiger partial charge in [0.05, 0.1) is 13.2 Å². The van der Waals surface area contributed by atoms with Crippen molar-refractivity contribution in [2.24, 2.45) is 0 Å². The number of hydrogen-bond donors (Lipinski definition) is 0. The molecule has 21 heavy (non-hydrogen) atoms. The lowest BCUT2D eigenvalue weighted by atomic mass is 9.98. The first-order valence-corrected chi connectivity index (χ1v) is 6.81. The Kier molecular flexibility index (Phi) is 6.59. The van der Waals surface area contributed by atoms with E-state index in [1.54, 1.807) is 32.9 Å². The summed E-state index contributed by atoms with van der Waals surface area (Å²) in [6.45, 7) is 5.45. The molecule has 0 fully saturated rings. The largest absolute Gasteiger partial charge is 0.462 e. The summed E-state index contributed by atoms with van der Waals surface area (Å²) in [7, 11) is 0. The van der Waals surface area contributed by atoms with Crippen molar-refractivity contribution in [2.45, 2.75) is 26.7 Å². The van der Waals surface area contributed by atoms with E-state index in [9.17, 15) is 14.0 Å². The third-order valence-corrected chi connectivity index (χ3v) is 2.80. The van der Waals surface area contributed by atoms with E-state index in [0.717, 1.165) is 5.56 Å². The van der Waals surface area contributed by atoms with E-state index in [0.29, 0.717) is 0 Å². The number of benzene rings is 1. The van der Waals surface area contributed by atoms with Crippen molar-refractivity contribution >= 4 is 11.9 Å². The lowest BCUT2D eigenvalue weighted by Gasteiger charge is -2.11. The van der Waals surface area contributed by atoms with Gasteiger partial charge in [-0.15, -0.1) is 0 Å². The average Bonchev–Trinajstić information content (AvgIpc) is 2.45. The van der Waals surface area contributed by atoms with Gasteiger partial charge in [0, 0.05) is 5.92 Å². The number of hydrogen-bond acceptors (Lipinski definition) is 4. The van der Waals surface area contributed by atoms with Gasteiger partial charge in [-0.25, -0.2) is 14.0 Å². The third kappa shape index (κ3) is 5.02. The number of carbonyl (C=O) groups excluding carboxylic acids is 2. The maximum atomic E-state index is 12.9. The van der Waals surface area contributed by atoms with Crippen molar-refractivity contribution in [3.63, 3.8) is 0 Å². The molecule has 0 saturated carbocycles. The first kappa shape index (κ1) is 16.9. The highest BCUT2D eigenvalue weighted by Gasteiger charge is 2.22. The van der Waals surface area contributed by atoms with E-state index in [2.05, 4.69) is 0 Å². The molecule has 0 spiro atoms. The van der Waals surface area contributed by atoms with Crippen LogP contribution in [0.5, 0.6) is 0 Å². The second kappa shape index (κ2) is 8.19. The SMILES string of the molecule is CCOC(=O)C(=C[C@@H](C)c1ccc(F)cc1)C(=O)OCC. The summed E-state index contributed by atoms with van der Waals surface area (Å²) in [5, 5.41) is 0. The molecule has 1 aromatic rings. The van der Waals surface area contributed by atoms with Gasteiger partial charge < -0.3 is 9.47 Å². The topological polar surface area (TPSA) is 52.6 Å². The van der Waals surface area contributed by atoms with Crippen molar-refractivity contribution in [3.8, 4) is 0 Å². The van der Waals surface area contributed by atoms with Crippen LogP contribution in [0.25, 0.3) is 0 Å². The molecule has 0 aromatic heterocycles. The normalized spacial score (nSPS) is 11.4. The Labute approximate surface area is 123 Å². The molecule has 0 unspecified atom stereocenters. The summed E-state index contributed by atoms with van der Waals surface area (Å²) in [6.07, 6.45) is 1.48. The fourth-order valence-corrected chi connectivity index (χ4v) is 1.75. The van der Waals surface area contributed by atoms with Crippen molar-refractivity contribution in [2.75, 3.05) is 13.2 Å². The lowest BCUT2D eigenvalue weighted by molar-refractivity contribution is -0.146. The number of carbonyl (C=O) groups is 2. The standard InChI is InChI=1S/C16H19FO4/c1-4-20-15(18)14(16(19)21-5-2)10-11(3)12-6-8-13(17)9-7-12/h6-11H,4-5H2,1-3H3/t11-/m1/s1. The zero-order valence-electron chi connectivity index (χ0n) is 12.4. The molecule has 1 aromatic carbocycles. The van der Waals surface area contributed by atoms with Gasteiger partial charge in [0.25, 0.3) is 0 Å². The molecule has 0 radical (unpaired) electrons. The molecule has 0 amide bonds. The van der Waals surface area contributed by atoms with Gasteiger partial charge in [0.15, 0.2) is 0 Å². The van der Waals surface area contributed by atoms with Crippen molar-refractivity contribution in [1.82, 2.24) is 0 Å². The average molecular weight is 294 g/mol. The van der Waals surface area contributed by atoms with Crippen LogP contribution in [0.4, 0.5) is 4.39 Å². The smallest absolute Gasteiger partial charge is 0.345 e. The summed E-state index contributed by atoms with van der Waals surface area (Å²) in [5.41, 5.74) is 0.637. The van der Waals surface area contributed by atoms with Gasteiger partial charge in [-0.3, -0.25) is 0 Å². The summed E-state index contributed by atoms with van der Waals surface area (Å²) < 4.78 is 22.6. The van der Waals surface area contributed by atoms with E-state index >= 15 is 0 Å². The Morgan fingerprint density at radius 3 is 2.00 bits per heavy atom. The molecule has 0 heterocycles. The van der Waals surface area contributed by atoms with Gasteiger partial charge in [-0.05, 0) is 31.5 Å². The fourth-order valence-electron chi connectivity index (χ4n) is 1.75. The summed E-state index contributed by atoms with van der Waals surface area (Å²) >= 11 is 0. The van der Waals surface area contributed by atoms with Crippen LogP contribution in [0.15, 0.2) is 35.9 Å². The van der Waals surface area contributed by atoms with Gasteiger partial charge in [0.1, 0.15) is 11.4 Å². The fraction of sp³-hybridized carbons (Fsp3) is 0.375. The monoisotopic (exact) mass is 294 g/mol. The number of allylic oxidation sites excluding steroid dienone is 1. The van der Waals surface area contributed by atoms with Crippen molar-refractivity contribution < 1.29 is 23.5 Å². The van der Waals surface area contributed by atoms with Crippen LogP contribution in [0.1, 0.15) is 32.3 Å². The highest BCUT2D eigenvalue weighted by Crippen LogP contribution is 2.20. The van der Waals surface area contributed by atoms with Crippen LogP contribution >= 0.6 is 0 Å². The molecule has 0 aliphatic heterocycles. The number of halogens is 1. The predicted octanol–water partition coefficient (Wildman–Crippen LogP) is 2.98.